The summed E-state index contributed by atoms with van der Waals surface area (Å²) in [5.74, 6) is -0.0139. The molecule has 0 spiro atoms. The van der Waals surface area contributed by atoms with Crippen LogP contribution in [0.4, 0.5) is 0 Å². The third-order valence-corrected chi connectivity index (χ3v) is 1.50. The Bertz CT molecular complexity index is 228. The van der Waals surface area contributed by atoms with E-state index in [4.69, 9.17) is 0 Å². The second-order valence-electron chi connectivity index (χ2n) is 2.22. The third kappa shape index (κ3) is 0.835. The van der Waals surface area contributed by atoms with Crippen LogP contribution >= 0.6 is 0 Å². The average Bonchev–Trinajstić information content (AvgIpc) is 2.09. The number of amides is 1. The molecular weight excluding hydrogens is 128 g/mol. The molecule has 0 aromatic heterocycles. The van der Waals surface area contributed by atoms with Crippen molar-refractivity contribution in [1.29, 1.82) is 0 Å². The highest BCUT2D eigenvalue weighted by Gasteiger charge is 2.22. The molecule has 0 fully saturated rings. The Labute approximate surface area is 60.0 Å². The Morgan fingerprint density at radius 2 is 2.20 bits per heavy atom. The van der Waals surface area contributed by atoms with E-state index in [-0.39, 0.29) is 5.91 Å². The van der Waals surface area contributed by atoms with Gasteiger partial charge in [0.05, 0.1) is 11.3 Å². The van der Waals surface area contributed by atoms with Crippen molar-refractivity contribution in [3.8, 4) is 0 Å². The molecule has 10 heavy (non-hydrogen) atoms. The summed E-state index contributed by atoms with van der Waals surface area (Å²) in [6.45, 7) is 3.67. The van der Waals surface area contributed by atoms with Gasteiger partial charge in [-0.25, -0.2) is 5.01 Å². The van der Waals surface area contributed by atoms with E-state index in [1.165, 1.54) is 5.01 Å². The predicted octanol–water partition coefficient (Wildman–Crippen LogP) is 0.781. The number of allylic oxidation sites excluding steroid dienone is 1. The molecule has 0 radical (unpaired) electrons. The maximum absolute atomic E-state index is 11.1. The minimum absolute atomic E-state index is 0.0139. The molecule has 1 aliphatic rings. The summed E-state index contributed by atoms with van der Waals surface area (Å²) in [5.41, 5.74) is 1.51. The lowest BCUT2D eigenvalue weighted by atomic mass is 10.2. The van der Waals surface area contributed by atoms with Crippen molar-refractivity contribution >= 4 is 11.6 Å². The highest BCUT2D eigenvalue weighted by atomic mass is 16.2. The fraction of sp³-hybridized carbons (Fsp3) is 0.429. The molecule has 0 unspecified atom stereocenters. The van der Waals surface area contributed by atoms with Crippen LogP contribution in [-0.2, 0) is 4.79 Å². The minimum atomic E-state index is -0.0139. The van der Waals surface area contributed by atoms with Crippen LogP contribution < -0.4 is 0 Å². The summed E-state index contributed by atoms with van der Waals surface area (Å²) < 4.78 is 0. The van der Waals surface area contributed by atoms with Gasteiger partial charge in [0.15, 0.2) is 0 Å². The van der Waals surface area contributed by atoms with Crippen molar-refractivity contribution in [2.75, 3.05) is 7.05 Å². The van der Waals surface area contributed by atoms with E-state index in [1.54, 1.807) is 13.1 Å². The topological polar surface area (TPSA) is 32.7 Å². The van der Waals surface area contributed by atoms with Crippen LogP contribution in [0.2, 0.25) is 0 Å². The molecule has 0 aromatic carbocycles. The molecule has 0 N–H and O–H groups in total. The van der Waals surface area contributed by atoms with Crippen molar-refractivity contribution in [3.05, 3.63) is 11.6 Å². The zero-order valence-corrected chi connectivity index (χ0v) is 6.38. The minimum Gasteiger partial charge on any atom is -0.267 e. The van der Waals surface area contributed by atoms with Crippen LogP contribution in [0.3, 0.4) is 0 Å². The Kier molecular flexibility index (Phi) is 1.57. The van der Waals surface area contributed by atoms with Crippen LogP contribution in [-0.4, -0.2) is 23.7 Å². The monoisotopic (exact) mass is 138 g/mol. The van der Waals surface area contributed by atoms with Gasteiger partial charge in [0.25, 0.3) is 5.91 Å². The SMILES string of the molecule is C/C=C1/C(=O)N(C)N=C1C. The number of rotatable bonds is 0. The second kappa shape index (κ2) is 2.25. The molecule has 3 heteroatoms. The average molecular weight is 138 g/mol. The highest BCUT2D eigenvalue weighted by Crippen LogP contribution is 2.11. The van der Waals surface area contributed by atoms with Gasteiger partial charge in [0.2, 0.25) is 0 Å². The molecule has 1 amide bonds. The number of carbonyl (C=O) groups excluding carboxylic acids is 1. The van der Waals surface area contributed by atoms with Gasteiger partial charge in [-0.15, -0.1) is 0 Å². The quantitative estimate of drug-likeness (QED) is 0.455. The van der Waals surface area contributed by atoms with E-state index in [2.05, 4.69) is 5.10 Å². The maximum atomic E-state index is 11.1. The van der Waals surface area contributed by atoms with Crippen LogP contribution in [0, 0.1) is 0 Å². The van der Waals surface area contributed by atoms with Crippen molar-refractivity contribution in [1.82, 2.24) is 5.01 Å². The Morgan fingerprint density at radius 3 is 2.40 bits per heavy atom. The van der Waals surface area contributed by atoms with Crippen molar-refractivity contribution in [2.24, 2.45) is 5.10 Å². The number of carbonyl (C=O) groups is 1. The zero-order valence-electron chi connectivity index (χ0n) is 6.38. The van der Waals surface area contributed by atoms with Crippen molar-refractivity contribution in [3.63, 3.8) is 0 Å². The van der Waals surface area contributed by atoms with E-state index in [0.717, 1.165) is 5.71 Å². The summed E-state index contributed by atoms with van der Waals surface area (Å²) in [5, 5.41) is 5.31. The van der Waals surface area contributed by atoms with Crippen LogP contribution in [0.1, 0.15) is 13.8 Å². The molecule has 1 heterocycles. The summed E-state index contributed by atoms with van der Waals surface area (Å²) in [7, 11) is 1.66. The van der Waals surface area contributed by atoms with Crippen LogP contribution in [0.25, 0.3) is 0 Å². The maximum Gasteiger partial charge on any atom is 0.275 e. The summed E-state index contributed by atoms with van der Waals surface area (Å²) in [4.78, 5) is 11.1. The van der Waals surface area contributed by atoms with Gasteiger partial charge in [0, 0.05) is 7.05 Å². The molecule has 0 bridgehead atoms. The zero-order chi connectivity index (χ0) is 7.72. The predicted molar refractivity (Wildman–Crippen MR) is 39.6 cm³/mol. The molecule has 0 aromatic rings. The van der Waals surface area contributed by atoms with E-state index in [9.17, 15) is 4.79 Å². The lowest BCUT2D eigenvalue weighted by Gasteiger charge is -1.99. The first-order valence-electron chi connectivity index (χ1n) is 3.16. The van der Waals surface area contributed by atoms with Crippen LogP contribution in [0.5, 0.6) is 0 Å². The molecule has 1 aliphatic heterocycles. The van der Waals surface area contributed by atoms with Gasteiger partial charge in [-0.2, -0.15) is 5.10 Å². The summed E-state index contributed by atoms with van der Waals surface area (Å²) in [6.07, 6.45) is 1.78. The Balaban J connectivity index is 3.00. The molecular formula is C7H10N2O. The molecule has 0 saturated heterocycles. The first kappa shape index (κ1) is 6.99. The first-order valence-corrected chi connectivity index (χ1v) is 3.16. The highest BCUT2D eigenvalue weighted by molar-refractivity contribution is 6.23. The normalized spacial score (nSPS) is 22.3. The fourth-order valence-electron chi connectivity index (χ4n) is 0.986. The molecule has 0 aliphatic carbocycles. The van der Waals surface area contributed by atoms with Crippen LogP contribution in [0.15, 0.2) is 16.8 Å². The Hall–Kier alpha value is -1.12. The molecule has 3 nitrogen and oxygen atoms in total. The summed E-state index contributed by atoms with van der Waals surface area (Å²) in [6, 6.07) is 0. The fourth-order valence-corrected chi connectivity index (χ4v) is 0.986. The number of likely N-dealkylation sites (N-methyl/N-ethyl adjacent to an activating group) is 1. The molecule has 1 rings (SSSR count). The van der Waals surface area contributed by atoms with Gasteiger partial charge in [0.1, 0.15) is 0 Å². The largest absolute Gasteiger partial charge is 0.275 e. The number of hydrazone groups is 1. The Morgan fingerprint density at radius 1 is 1.60 bits per heavy atom. The molecule has 0 saturated carbocycles. The van der Waals surface area contributed by atoms with Gasteiger partial charge >= 0.3 is 0 Å². The summed E-state index contributed by atoms with van der Waals surface area (Å²) >= 11 is 0. The van der Waals surface area contributed by atoms with E-state index < -0.39 is 0 Å². The van der Waals surface area contributed by atoms with Gasteiger partial charge in [-0.05, 0) is 13.8 Å². The van der Waals surface area contributed by atoms with Crippen molar-refractivity contribution < 1.29 is 4.79 Å². The number of hydrogen-bond acceptors (Lipinski definition) is 2. The van der Waals surface area contributed by atoms with E-state index in [1.807, 2.05) is 13.8 Å². The van der Waals surface area contributed by atoms with Gasteiger partial charge in [-0.3, -0.25) is 4.79 Å². The number of hydrogen-bond donors (Lipinski definition) is 0. The molecule has 54 valence electrons. The standard InChI is InChI=1S/C7H10N2O/c1-4-6-5(2)8-9(3)7(6)10/h4H,1-3H3/b6-4+. The smallest absolute Gasteiger partial charge is 0.267 e. The second-order valence-corrected chi connectivity index (χ2v) is 2.22. The van der Waals surface area contributed by atoms with E-state index in [0.29, 0.717) is 5.57 Å². The lowest BCUT2D eigenvalue weighted by molar-refractivity contribution is -0.124. The lowest BCUT2D eigenvalue weighted by Crippen LogP contribution is -2.16. The van der Waals surface area contributed by atoms with Crippen molar-refractivity contribution in [2.45, 2.75) is 13.8 Å². The molecule has 0 atom stereocenters. The third-order valence-electron chi connectivity index (χ3n) is 1.50. The number of nitrogens with zero attached hydrogens (tertiary/aromatic N) is 2. The first-order chi connectivity index (χ1) is 4.66. The van der Waals surface area contributed by atoms with E-state index >= 15 is 0 Å². The van der Waals surface area contributed by atoms with Gasteiger partial charge < -0.3 is 0 Å². The van der Waals surface area contributed by atoms with Gasteiger partial charge in [-0.1, -0.05) is 6.08 Å².